The lowest BCUT2D eigenvalue weighted by molar-refractivity contribution is -0.00156. The third-order valence-corrected chi connectivity index (χ3v) is 6.81. The predicted molar refractivity (Wildman–Crippen MR) is 99.2 cm³/mol. The van der Waals surface area contributed by atoms with E-state index in [0.29, 0.717) is 16.2 Å². The Hall–Kier alpha value is -3.06. The summed E-state index contributed by atoms with van der Waals surface area (Å²) in [4.78, 5) is 16.1. The van der Waals surface area contributed by atoms with Crippen LogP contribution >= 0.6 is 7.14 Å². The highest BCUT2D eigenvalue weighted by Gasteiger charge is 2.45. The second kappa shape index (κ2) is 7.23. The Morgan fingerprint density at radius 2 is 1.12 bits per heavy atom. The van der Waals surface area contributed by atoms with Crippen molar-refractivity contribution >= 4 is 29.0 Å². The van der Waals surface area contributed by atoms with Gasteiger partial charge in [-0.1, -0.05) is 91.0 Å². The third-order valence-electron chi connectivity index (χ3n) is 3.87. The number of ketones is 1. The minimum atomic E-state index is -3.61. The van der Waals surface area contributed by atoms with Crippen molar-refractivity contribution in [3.63, 3.8) is 0 Å². The zero-order chi connectivity index (χ0) is 17.7. The van der Waals surface area contributed by atoms with E-state index < -0.39 is 12.9 Å². The number of rotatable bonds is 5. The Kier molecular flexibility index (Phi) is 4.85. The third kappa shape index (κ3) is 3.14. The van der Waals surface area contributed by atoms with Gasteiger partial charge in [0, 0.05) is 16.2 Å². The fourth-order valence-electron chi connectivity index (χ4n) is 2.64. The van der Waals surface area contributed by atoms with Gasteiger partial charge < -0.3 is 10.1 Å². The number of carbonyl (C=O) groups excluding carboxylic acids is 1. The predicted octanol–water partition coefficient (Wildman–Crippen LogP) is 3.51. The number of benzene rings is 3. The zero-order valence-corrected chi connectivity index (χ0v) is 14.2. The number of hydrogen-bond acceptors (Lipinski definition) is 2. The summed E-state index contributed by atoms with van der Waals surface area (Å²) in [5, 5.41) is 0.886. The van der Waals surface area contributed by atoms with E-state index >= 15 is 0 Å². The molecule has 0 unspecified atom stereocenters. The maximum Gasteiger partial charge on any atom is 0.402 e. The van der Waals surface area contributed by atoms with Gasteiger partial charge in [0.25, 0.3) is 12.9 Å². The molecule has 0 radical (unpaired) electrons. The molecule has 25 heavy (non-hydrogen) atoms. The molecule has 5 heteroatoms. The smallest absolute Gasteiger partial charge is 0.360 e. The van der Waals surface area contributed by atoms with Gasteiger partial charge in [-0.15, -0.1) is 0 Å². The Balaban J connectivity index is 2.23. The molecule has 0 saturated heterocycles. The topological polar surface area (TPSA) is 70.5 Å². The molecule has 0 aliphatic rings. The normalized spacial score (nSPS) is 10.7. The summed E-state index contributed by atoms with van der Waals surface area (Å²) < 4.78 is 14.1. The van der Waals surface area contributed by atoms with E-state index in [2.05, 4.69) is 4.79 Å². The first-order valence-corrected chi connectivity index (χ1v) is 9.42. The largest absolute Gasteiger partial charge is 0.402 e. The SMILES string of the molecule is [N-]=[N+]=C(C(=O)c1ccccc1)P(=O)(c1ccccc1)c1ccccc1. The average Bonchev–Trinajstić information content (AvgIpc) is 2.70. The number of hydrogen-bond donors (Lipinski definition) is 0. The molecule has 3 aromatic carbocycles. The lowest BCUT2D eigenvalue weighted by Gasteiger charge is -2.14. The first-order valence-electron chi connectivity index (χ1n) is 7.71. The Labute approximate surface area is 145 Å². The van der Waals surface area contributed by atoms with Crippen LogP contribution in [0.4, 0.5) is 0 Å². The van der Waals surface area contributed by atoms with Gasteiger partial charge in [-0.2, -0.15) is 4.79 Å². The van der Waals surface area contributed by atoms with Crippen molar-refractivity contribution in [2.45, 2.75) is 0 Å². The standard InChI is InChI=1S/C20H15N2O2P/c21-22-20(19(23)16-10-4-1-5-11-16)25(24,17-12-6-2-7-13-17)18-14-8-3-9-15-18/h1-15H. The van der Waals surface area contributed by atoms with Gasteiger partial charge in [0.2, 0.25) is 0 Å². The average molecular weight is 346 g/mol. The molecule has 4 nitrogen and oxygen atoms in total. The minimum Gasteiger partial charge on any atom is -0.360 e. The minimum absolute atomic E-state index is 0.322. The van der Waals surface area contributed by atoms with Crippen molar-refractivity contribution in [3.05, 3.63) is 102 Å². The van der Waals surface area contributed by atoms with Crippen LogP contribution in [-0.4, -0.2) is 16.0 Å². The molecule has 0 heterocycles. The van der Waals surface area contributed by atoms with E-state index in [1.807, 2.05) is 0 Å². The molecule has 0 N–H and O–H groups in total. The molecule has 0 aliphatic carbocycles. The summed E-state index contributed by atoms with van der Waals surface area (Å²) in [6.45, 7) is 0. The molecular formula is C20H15N2O2P. The van der Waals surface area contributed by atoms with Crippen LogP contribution in [0.3, 0.4) is 0 Å². The van der Waals surface area contributed by atoms with Crippen LogP contribution in [0.15, 0.2) is 91.0 Å². The molecule has 0 aliphatic heterocycles. The van der Waals surface area contributed by atoms with Crippen molar-refractivity contribution < 1.29 is 14.1 Å². The van der Waals surface area contributed by atoms with Gasteiger partial charge in [0.05, 0.1) is 0 Å². The lowest BCUT2D eigenvalue weighted by Crippen LogP contribution is -2.28. The van der Waals surface area contributed by atoms with Crippen LogP contribution < -0.4 is 10.6 Å². The quantitative estimate of drug-likeness (QED) is 0.233. The van der Waals surface area contributed by atoms with Gasteiger partial charge in [-0.05, 0) is 0 Å². The Morgan fingerprint density at radius 1 is 0.720 bits per heavy atom. The van der Waals surface area contributed by atoms with Crippen molar-refractivity contribution in [2.24, 2.45) is 0 Å². The lowest BCUT2D eigenvalue weighted by atomic mass is 10.1. The van der Waals surface area contributed by atoms with E-state index in [1.54, 1.807) is 91.0 Å². The summed E-state index contributed by atoms with van der Waals surface area (Å²) in [5.74, 6) is -0.556. The molecule has 0 fully saturated rings. The highest BCUT2D eigenvalue weighted by molar-refractivity contribution is 7.95. The monoisotopic (exact) mass is 346 g/mol. The van der Waals surface area contributed by atoms with Gasteiger partial charge in [0.15, 0.2) is 0 Å². The van der Waals surface area contributed by atoms with Crippen LogP contribution in [0.2, 0.25) is 0 Å². The number of nitrogens with zero attached hydrogens (tertiary/aromatic N) is 2. The summed E-state index contributed by atoms with van der Waals surface area (Å²) in [6, 6.07) is 25.7. The molecule has 3 rings (SSSR count). The highest BCUT2D eigenvalue weighted by atomic mass is 31.2. The van der Waals surface area contributed by atoms with Gasteiger partial charge >= 0.3 is 5.45 Å². The van der Waals surface area contributed by atoms with E-state index in [0.717, 1.165) is 0 Å². The van der Waals surface area contributed by atoms with Gasteiger partial charge in [0.1, 0.15) is 0 Å². The number of Topliss-reactive ketones (excluding diaryl/α,β-unsaturated/α-hetero) is 1. The van der Waals surface area contributed by atoms with Crippen LogP contribution in [0, 0.1) is 0 Å². The zero-order valence-electron chi connectivity index (χ0n) is 13.3. The maximum absolute atomic E-state index is 14.1. The second-order valence-electron chi connectivity index (χ2n) is 5.40. The summed E-state index contributed by atoms with van der Waals surface area (Å²) in [6.07, 6.45) is 0. The van der Waals surface area contributed by atoms with Crippen LogP contribution in [0.25, 0.3) is 5.53 Å². The molecule has 0 amide bonds. The molecule has 0 atom stereocenters. The second-order valence-corrected chi connectivity index (χ2v) is 8.07. The summed E-state index contributed by atoms with van der Waals surface area (Å²) in [7, 11) is -3.61. The van der Waals surface area contributed by atoms with E-state index in [1.165, 1.54) is 0 Å². The molecule has 0 aromatic heterocycles. The van der Waals surface area contributed by atoms with E-state index in [-0.39, 0.29) is 5.45 Å². The van der Waals surface area contributed by atoms with Crippen molar-refractivity contribution in [2.75, 3.05) is 0 Å². The van der Waals surface area contributed by atoms with E-state index in [9.17, 15) is 14.9 Å². The Morgan fingerprint density at radius 3 is 1.52 bits per heavy atom. The molecular weight excluding hydrogens is 331 g/mol. The van der Waals surface area contributed by atoms with Crippen molar-refractivity contribution in [1.29, 1.82) is 0 Å². The van der Waals surface area contributed by atoms with Crippen LogP contribution in [0.1, 0.15) is 10.4 Å². The highest BCUT2D eigenvalue weighted by Crippen LogP contribution is 2.45. The first-order chi connectivity index (χ1) is 12.2. The Bertz CT molecular complexity index is 936. The van der Waals surface area contributed by atoms with Crippen molar-refractivity contribution in [1.82, 2.24) is 0 Å². The summed E-state index contributed by atoms with van der Waals surface area (Å²) >= 11 is 0. The van der Waals surface area contributed by atoms with Gasteiger partial charge in [-0.25, -0.2) is 0 Å². The molecule has 122 valence electrons. The number of carbonyl (C=O) groups is 1. The molecule has 0 spiro atoms. The summed E-state index contributed by atoms with van der Waals surface area (Å²) in [5.41, 5.74) is 9.58. The van der Waals surface area contributed by atoms with Crippen LogP contribution in [-0.2, 0) is 4.57 Å². The van der Waals surface area contributed by atoms with E-state index in [4.69, 9.17) is 0 Å². The first kappa shape index (κ1) is 16.8. The fourth-order valence-corrected chi connectivity index (χ4v) is 5.15. The fraction of sp³-hybridized carbons (Fsp3) is 0. The van der Waals surface area contributed by atoms with Gasteiger partial charge in [-0.3, -0.25) is 4.79 Å². The maximum atomic E-state index is 14.1. The molecule has 0 bridgehead atoms. The molecule has 3 aromatic rings. The van der Waals surface area contributed by atoms with Crippen molar-refractivity contribution in [3.8, 4) is 0 Å². The van der Waals surface area contributed by atoms with Crippen LogP contribution in [0.5, 0.6) is 0 Å². The molecule has 0 saturated carbocycles.